The zero-order chi connectivity index (χ0) is 27.6. The molecule has 194 valence electrons. The van der Waals surface area contributed by atoms with Gasteiger partial charge in [-0.15, -0.1) is 11.3 Å². The number of hydrogen-bond acceptors (Lipinski definition) is 7. The monoisotopic (exact) mass is 542 g/mol. The highest BCUT2D eigenvalue weighted by atomic mass is 32.1. The van der Waals surface area contributed by atoms with Crippen molar-refractivity contribution in [2.75, 3.05) is 5.73 Å². The van der Waals surface area contributed by atoms with Gasteiger partial charge in [-0.2, -0.15) is 0 Å². The standard InChI is InChI=1S/C31H22N6O2S/c1-19(36-30(38)27-28-22(9-6-14-34-28)16-35-29(27)32)25-15-21-8-5-7-20(12-13-24-17-33-18-40-24)26(21)31(39)37(25)23-10-3-2-4-11-23/h2-11,14-19H,1H3,(H2,32,35)(H,36,38)/t19-/m0/s1. The van der Waals surface area contributed by atoms with E-state index in [2.05, 4.69) is 32.1 Å². The Bertz CT molecular complexity index is 2010. The summed E-state index contributed by atoms with van der Waals surface area (Å²) in [6.45, 7) is 1.83. The van der Waals surface area contributed by atoms with E-state index >= 15 is 0 Å². The lowest BCUT2D eigenvalue weighted by molar-refractivity contribution is 0.0941. The molecule has 2 aromatic carbocycles. The van der Waals surface area contributed by atoms with Crippen LogP contribution in [0.5, 0.6) is 0 Å². The number of nitrogens with one attached hydrogen (secondary N) is 1. The zero-order valence-electron chi connectivity index (χ0n) is 21.3. The highest BCUT2D eigenvalue weighted by Gasteiger charge is 2.22. The highest BCUT2D eigenvalue weighted by Crippen LogP contribution is 2.25. The van der Waals surface area contributed by atoms with Crippen LogP contribution in [0.1, 0.15) is 39.5 Å². The minimum absolute atomic E-state index is 0.0824. The van der Waals surface area contributed by atoms with Crippen molar-refractivity contribution in [3.05, 3.63) is 123 Å². The van der Waals surface area contributed by atoms with Crippen molar-refractivity contribution in [1.29, 1.82) is 0 Å². The summed E-state index contributed by atoms with van der Waals surface area (Å²) in [6.07, 6.45) is 4.89. The van der Waals surface area contributed by atoms with E-state index in [1.165, 1.54) is 11.3 Å². The quantitative estimate of drug-likeness (QED) is 0.307. The molecule has 1 amide bonds. The van der Waals surface area contributed by atoms with Crippen molar-refractivity contribution in [2.24, 2.45) is 0 Å². The third-order valence-corrected chi connectivity index (χ3v) is 7.22. The number of rotatable bonds is 4. The normalized spacial score (nSPS) is 11.6. The van der Waals surface area contributed by atoms with Gasteiger partial charge in [0, 0.05) is 34.7 Å². The first kappa shape index (κ1) is 25.0. The highest BCUT2D eigenvalue weighted by molar-refractivity contribution is 7.10. The Kier molecular flexibility index (Phi) is 6.52. The van der Waals surface area contributed by atoms with Gasteiger partial charge in [0.2, 0.25) is 0 Å². The fourth-order valence-electron chi connectivity index (χ4n) is 4.68. The molecule has 4 heterocycles. The Hall–Kier alpha value is -5.33. The number of aromatic nitrogens is 4. The van der Waals surface area contributed by atoms with Crippen molar-refractivity contribution in [3.63, 3.8) is 0 Å². The summed E-state index contributed by atoms with van der Waals surface area (Å²) in [6, 6.07) is 19.8. The van der Waals surface area contributed by atoms with Gasteiger partial charge in [-0.1, -0.05) is 36.3 Å². The molecule has 0 unspecified atom stereocenters. The number of nitrogen functional groups attached to an aromatic ring is 1. The van der Waals surface area contributed by atoms with Crippen LogP contribution in [0.3, 0.4) is 0 Å². The number of carbonyl (C=O) groups excluding carboxylic acids is 1. The van der Waals surface area contributed by atoms with E-state index in [9.17, 15) is 9.59 Å². The molecule has 1 atom stereocenters. The first-order chi connectivity index (χ1) is 19.5. The van der Waals surface area contributed by atoms with Crippen LogP contribution in [-0.4, -0.2) is 25.4 Å². The van der Waals surface area contributed by atoms with E-state index in [1.54, 1.807) is 34.7 Å². The molecular weight excluding hydrogens is 520 g/mol. The molecular formula is C31H22N6O2S. The molecule has 0 aliphatic carbocycles. The largest absolute Gasteiger partial charge is 0.383 e. The van der Waals surface area contributed by atoms with Crippen LogP contribution < -0.4 is 16.6 Å². The van der Waals surface area contributed by atoms with Crippen LogP contribution in [0.2, 0.25) is 0 Å². The lowest BCUT2D eigenvalue weighted by atomic mass is 10.0. The van der Waals surface area contributed by atoms with E-state index in [0.717, 1.165) is 10.3 Å². The van der Waals surface area contributed by atoms with Gasteiger partial charge in [-0.25, -0.2) is 4.98 Å². The molecule has 6 rings (SSSR count). The number of para-hydroxylation sites is 1. The fraction of sp³-hybridized carbons (Fsp3) is 0.0645. The van der Waals surface area contributed by atoms with Crippen molar-refractivity contribution in [1.82, 2.24) is 24.8 Å². The topological polar surface area (TPSA) is 116 Å². The maximum atomic E-state index is 14.2. The maximum absolute atomic E-state index is 14.2. The zero-order valence-corrected chi connectivity index (χ0v) is 22.1. The first-order valence-electron chi connectivity index (χ1n) is 12.5. The smallest absolute Gasteiger partial charge is 0.264 e. The van der Waals surface area contributed by atoms with E-state index in [4.69, 9.17) is 5.73 Å². The van der Waals surface area contributed by atoms with Crippen LogP contribution >= 0.6 is 11.3 Å². The number of pyridine rings is 3. The molecule has 8 nitrogen and oxygen atoms in total. The number of amides is 1. The molecule has 0 fully saturated rings. The van der Waals surface area contributed by atoms with E-state index < -0.39 is 11.9 Å². The Morgan fingerprint density at radius 3 is 2.62 bits per heavy atom. The predicted molar refractivity (Wildman–Crippen MR) is 157 cm³/mol. The molecule has 6 aromatic rings. The molecule has 4 aromatic heterocycles. The van der Waals surface area contributed by atoms with Gasteiger partial charge >= 0.3 is 0 Å². The minimum atomic E-state index is -0.574. The number of hydrogen-bond donors (Lipinski definition) is 2. The average molecular weight is 543 g/mol. The maximum Gasteiger partial charge on any atom is 0.264 e. The number of fused-ring (bicyclic) bond motifs is 2. The second-order valence-corrected chi connectivity index (χ2v) is 9.97. The fourth-order valence-corrected chi connectivity index (χ4v) is 5.14. The number of nitrogens with two attached hydrogens (primary N) is 1. The van der Waals surface area contributed by atoms with Gasteiger partial charge in [-0.3, -0.25) is 24.1 Å². The van der Waals surface area contributed by atoms with Crippen molar-refractivity contribution in [2.45, 2.75) is 13.0 Å². The van der Waals surface area contributed by atoms with Gasteiger partial charge in [0.25, 0.3) is 11.5 Å². The van der Waals surface area contributed by atoms with Crippen molar-refractivity contribution < 1.29 is 4.79 Å². The molecule has 40 heavy (non-hydrogen) atoms. The Balaban J connectivity index is 1.49. The summed E-state index contributed by atoms with van der Waals surface area (Å²) in [5.41, 5.74) is 10.1. The summed E-state index contributed by atoms with van der Waals surface area (Å²) in [4.78, 5) is 41.1. The van der Waals surface area contributed by atoms with Gasteiger partial charge in [0.15, 0.2) is 0 Å². The number of nitrogens with zero attached hydrogens (tertiary/aromatic N) is 4. The lowest BCUT2D eigenvalue weighted by Crippen LogP contribution is -2.33. The van der Waals surface area contributed by atoms with E-state index in [1.807, 2.05) is 67.6 Å². The SMILES string of the molecule is C[C@H](NC(=O)c1c(N)ncc2cccnc12)c1cc2cccc(C#Cc3cncs3)c2c(=O)n1-c1ccccc1. The molecule has 0 aliphatic heterocycles. The number of anilines is 1. The Morgan fingerprint density at radius 2 is 1.82 bits per heavy atom. The second-order valence-electron chi connectivity index (χ2n) is 9.09. The summed E-state index contributed by atoms with van der Waals surface area (Å²) in [7, 11) is 0. The molecule has 0 bridgehead atoms. The second kappa shape index (κ2) is 10.4. The summed E-state index contributed by atoms with van der Waals surface area (Å²) < 4.78 is 1.62. The summed E-state index contributed by atoms with van der Waals surface area (Å²) in [5.74, 6) is 5.89. The Labute approximate surface area is 233 Å². The third kappa shape index (κ3) is 4.57. The van der Waals surface area contributed by atoms with Crippen LogP contribution in [0.4, 0.5) is 5.82 Å². The van der Waals surface area contributed by atoms with Gasteiger partial charge in [-0.05, 0) is 54.6 Å². The Morgan fingerprint density at radius 1 is 1.00 bits per heavy atom. The van der Waals surface area contributed by atoms with Crippen molar-refractivity contribution >= 4 is 44.7 Å². The van der Waals surface area contributed by atoms with E-state index in [0.29, 0.717) is 33.2 Å². The van der Waals surface area contributed by atoms with E-state index in [-0.39, 0.29) is 16.9 Å². The number of thiazole rings is 1. The van der Waals surface area contributed by atoms with Crippen LogP contribution in [0.15, 0.2) is 95.6 Å². The van der Waals surface area contributed by atoms with Crippen molar-refractivity contribution in [3.8, 4) is 17.5 Å². The summed E-state index contributed by atoms with van der Waals surface area (Å²) >= 11 is 1.44. The molecule has 0 radical (unpaired) electrons. The minimum Gasteiger partial charge on any atom is -0.383 e. The lowest BCUT2D eigenvalue weighted by Gasteiger charge is -2.21. The number of carbonyl (C=O) groups is 1. The molecule has 3 N–H and O–H groups in total. The predicted octanol–water partition coefficient (Wildman–Crippen LogP) is 4.86. The molecule has 0 saturated carbocycles. The van der Waals surface area contributed by atoms with Crippen LogP contribution in [-0.2, 0) is 0 Å². The van der Waals surface area contributed by atoms with Gasteiger partial charge in [0.05, 0.1) is 33.5 Å². The van der Waals surface area contributed by atoms with Crippen LogP contribution in [0.25, 0.3) is 27.4 Å². The average Bonchev–Trinajstić information content (AvgIpc) is 3.50. The van der Waals surface area contributed by atoms with Gasteiger partial charge in [0.1, 0.15) is 11.4 Å². The summed E-state index contributed by atoms with van der Waals surface area (Å²) in [5, 5.41) is 4.93. The number of benzene rings is 2. The molecule has 0 aliphatic rings. The van der Waals surface area contributed by atoms with Crippen LogP contribution in [0, 0.1) is 11.8 Å². The third-order valence-electron chi connectivity index (χ3n) is 6.54. The van der Waals surface area contributed by atoms with Gasteiger partial charge < -0.3 is 11.1 Å². The molecule has 9 heteroatoms. The first-order valence-corrected chi connectivity index (χ1v) is 13.3. The molecule has 0 spiro atoms. The molecule has 0 saturated heterocycles.